The average Bonchev–Trinajstić information content (AvgIpc) is 2.92. The third-order valence-electron chi connectivity index (χ3n) is 3.76. The summed E-state index contributed by atoms with van der Waals surface area (Å²) in [4.78, 5) is 7.13. The molecule has 0 aliphatic carbocycles. The van der Waals surface area contributed by atoms with Gasteiger partial charge < -0.3 is 9.64 Å². The summed E-state index contributed by atoms with van der Waals surface area (Å²) in [5.74, 6) is 0.545. The van der Waals surface area contributed by atoms with Crippen molar-refractivity contribution in [1.82, 2.24) is 9.88 Å². The fraction of sp³-hybridized carbons (Fsp3) is 0.667. The molecule has 0 spiro atoms. The first kappa shape index (κ1) is 13.5. The van der Waals surface area contributed by atoms with E-state index in [0.717, 1.165) is 39.1 Å². The van der Waals surface area contributed by atoms with Crippen LogP contribution in [0, 0.1) is 0 Å². The van der Waals surface area contributed by atoms with Crippen molar-refractivity contribution in [3.63, 3.8) is 0 Å². The molecule has 1 aliphatic heterocycles. The van der Waals surface area contributed by atoms with E-state index in [4.69, 9.17) is 9.72 Å². The van der Waals surface area contributed by atoms with Crippen LogP contribution < -0.4 is 0 Å². The van der Waals surface area contributed by atoms with Crippen LogP contribution in [0.15, 0.2) is 12.1 Å². The van der Waals surface area contributed by atoms with Crippen LogP contribution in [0.4, 0.5) is 0 Å². The molecule has 1 aromatic heterocycles. The van der Waals surface area contributed by atoms with Crippen LogP contribution in [-0.4, -0.2) is 36.7 Å². The summed E-state index contributed by atoms with van der Waals surface area (Å²) in [6.45, 7) is 8.09. The molecule has 0 aromatic carbocycles. The Morgan fingerprint density at radius 1 is 1.39 bits per heavy atom. The Labute approximate surface area is 110 Å². The topological polar surface area (TPSA) is 25.4 Å². The molecule has 1 saturated heterocycles. The van der Waals surface area contributed by atoms with Gasteiger partial charge in [-0.2, -0.15) is 0 Å². The van der Waals surface area contributed by atoms with Gasteiger partial charge >= 0.3 is 0 Å². The van der Waals surface area contributed by atoms with Gasteiger partial charge in [0.2, 0.25) is 0 Å². The van der Waals surface area contributed by atoms with Gasteiger partial charge in [-0.3, -0.25) is 4.98 Å². The number of ether oxygens (including phenoxy) is 1. The largest absolute Gasteiger partial charge is 0.381 e. The highest BCUT2D eigenvalue weighted by molar-refractivity contribution is 5.27. The molecular formula is C15H24N2O. The molecule has 1 aromatic rings. The molecule has 0 unspecified atom stereocenters. The van der Waals surface area contributed by atoms with E-state index >= 15 is 0 Å². The number of rotatable bonds is 5. The molecular weight excluding hydrogens is 224 g/mol. The van der Waals surface area contributed by atoms with E-state index in [0.29, 0.717) is 5.92 Å². The van der Waals surface area contributed by atoms with Gasteiger partial charge in [0, 0.05) is 24.8 Å². The van der Waals surface area contributed by atoms with Gasteiger partial charge in [0.1, 0.15) is 0 Å². The van der Waals surface area contributed by atoms with Crippen molar-refractivity contribution in [1.29, 1.82) is 0 Å². The Morgan fingerprint density at radius 2 is 2.22 bits per heavy atom. The Kier molecular flexibility index (Phi) is 4.72. The molecule has 3 nitrogen and oxygen atoms in total. The van der Waals surface area contributed by atoms with Gasteiger partial charge in [-0.25, -0.2) is 0 Å². The summed E-state index contributed by atoms with van der Waals surface area (Å²) in [5.41, 5.74) is 3.83. The van der Waals surface area contributed by atoms with Crippen LogP contribution in [0.5, 0.6) is 0 Å². The lowest BCUT2D eigenvalue weighted by Crippen LogP contribution is -2.20. The van der Waals surface area contributed by atoms with Crippen molar-refractivity contribution in [3.8, 4) is 0 Å². The van der Waals surface area contributed by atoms with Gasteiger partial charge in [0.05, 0.1) is 12.3 Å². The van der Waals surface area contributed by atoms with E-state index < -0.39 is 0 Å². The smallest absolute Gasteiger partial charge is 0.0582 e. The Hall–Kier alpha value is -0.930. The van der Waals surface area contributed by atoms with Crippen molar-refractivity contribution in [2.24, 2.45) is 0 Å². The maximum atomic E-state index is 5.51. The van der Waals surface area contributed by atoms with E-state index in [2.05, 4.69) is 37.9 Å². The number of nitrogens with zero attached hydrogens (tertiary/aromatic N) is 2. The van der Waals surface area contributed by atoms with Crippen LogP contribution in [0.25, 0.3) is 0 Å². The van der Waals surface area contributed by atoms with E-state index in [-0.39, 0.29) is 0 Å². The van der Waals surface area contributed by atoms with Crippen LogP contribution in [0.3, 0.4) is 0 Å². The zero-order valence-electron chi connectivity index (χ0n) is 11.8. The molecule has 1 fully saturated rings. The van der Waals surface area contributed by atoms with E-state index in [1.54, 1.807) is 0 Å². The number of pyridine rings is 1. The molecule has 2 heterocycles. The molecule has 0 bridgehead atoms. The molecule has 18 heavy (non-hydrogen) atoms. The molecule has 1 atom stereocenters. The number of hydrogen-bond donors (Lipinski definition) is 0. The van der Waals surface area contributed by atoms with E-state index in [9.17, 15) is 0 Å². The Bertz CT molecular complexity index is 386. The third kappa shape index (κ3) is 3.09. The van der Waals surface area contributed by atoms with Crippen LogP contribution in [-0.2, 0) is 17.7 Å². The maximum absolute atomic E-state index is 5.51. The number of aromatic nitrogens is 1. The molecule has 0 amide bonds. The zero-order valence-corrected chi connectivity index (χ0v) is 11.8. The minimum absolute atomic E-state index is 0.545. The van der Waals surface area contributed by atoms with Crippen LogP contribution in [0.1, 0.15) is 43.1 Å². The van der Waals surface area contributed by atoms with Gasteiger partial charge in [0.25, 0.3) is 0 Å². The summed E-state index contributed by atoms with van der Waals surface area (Å²) in [5, 5.41) is 0. The molecule has 0 radical (unpaired) electrons. The quantitative estimate of drug-likeness (QED) is 0.801. The van der Waals surface area contributed by atoms with Gasteiger partial charge in [-0.1, -0.05) is 19.9 Å². The first-order valence-corrected chi connectivity index (χ1v) is 6.99. The minimum atomic E-state index is 0.545. The minimum Gasteiger partial charge on any atom is -0.381 e. The van der Waals surface area contributed by atoms with Gasteiger partial charge in [0.15, 0.2) is 0 Å². The molecule has 0 N–H and O–H groups in total. The summed E-state index contributed by atoms with van der Waals surface area (Å²) >= 11 is 0. The second-order valence-corrected chi connectivity index (χ2v) is 5.08. The van der Waals surface area contributed by atoms with E-state index in [1.165, 1.54) is 17.0 Å². The lowest BCUT2D eigenvalue weighted by atomic mass is 9.96. The second kappa shape index (κ2) is 6.30. The first-order valence-electron chi connectivity index (χ1n) is 6.99. The molecule has 1 aliphatic rings. The zero-order chi connectivity index (χ0) is 13.0. The van der Waals surface area contributed by atoms with Gasteiger partial charge in [-0.05, 0) is 38.1 Å². The number of hydrogen-bond acceptors (Lipinski definition) is 3. The fourth-order valence-corrected chi connectivity index (χ4v) is 2.40. The average molecular weight is 248 g/mol. The fourth-order valence-electron chi connectivity index (χ4n) is 2.40. The third-order valence-corrected chi connectivity index (χ3v) is 3.76. The predicted octanol–water partition coefficient (Wildman–Crippen LogP) is 2.60. The van der Waals surface area contributed by atoms with Crippen molar-refractivity contribution >= 4 is 0 Å². The lowest BCUT2D eigenvalue weighted by Gasteiger charge is -2.19. The molecule has 0 saturated carbocycles. The second-order valence-electron chi connectivity index (χ2n) is 5.08. The van der Waals surface area contributed by atoms with Crippen LogP contribution >= 0.6 is 0 Å². The lowest BCUT2D eigenvalue weighted by molar-refractivity contribution is 0.193. The van der Waals surface area contributed by atoms with Crippen LogP contribution in [0.2, 0.25) is 0 Å². The Balaban J connectivity index is 2.25. The van der Waals surface area contributed by atoms with Crippen molar-refractivity contribution in [3.05, 3.63) is 29.1 Å². The number of aryl methyl sites for hydroxylation is 1. The monoisotopic (exact) mass is 248 g/mol. The summed E-state index contributed by atoms with van der Waals surface area (Å²) in [6, 6.07) is 4.44. The summed E-state index contributed by atoms with van der Waals surface area (Å²) in [6.07, 6.45) is 2.14. The van der Waals surface area contributed by atoms with Crippen molar-refractivity contribution in [2.75, 3.05) is 26.8 Å². The molecule has 100 valence electrons. The molecule has 2 rings (SSSR count). The molecule has 3 heteroatoms. The van der Waals surface area contributed by atoms with Gasteiger partial charge in [-0.15, -0.1) is 0 Å². The first-order chi connectivity index (χ1) is 8.74. The SMILES string of the molecule is CCc1ccc([C@@H]2CCOC2)c(CN(C)CC)n1. The normalized spacial score (nSPS) is 19.7. The standard InChI is InChI=1S/C15H24N2O/c1-4-13-6-7-14(12-8-9-18-11-12)15(16-13)10-17(3)5-2/h6-7,12H,4-5,8-11H2,1-3H3/t12-/m1/s1. The van der Waals surface area contributed by atoms with E-state index in [1.807, 2.05) is 0 Å². The summed E-state index contributed by atoms with van der Waals surface area (Å²) < 4.78 is 5.51. The highest BCUT2D eigenvalue weighted by Crippen LogP contribution is 2.28. The Morgan fingerprint density at radius 3 is 2.83 bits per heavy atom. The maximum Gasteiger partial charge on any atom is 0.0582 e. The predicted molar refractivity (Wildman–Crippen MR) is 73.8 cm³/mol. The highest BCUT2D eigenvalue weighted by atomic mass is 16.5. The van der Waals surface area contributed by atoms with Crippen molar-refractivity contribution < 1.29 is 4.74 Å². The highest BCUT2D eigenvalue weighted by Gasteiger charge is 2.21. The summed E-state index contributed by atoms with van der Waals surface area (Å²) in [7, 11) is 2.15. The van der Waals surface area contributed by atoms with Crippen molar-refractivity contribution in [2.45, 2.75) is 39.2 Å².